The number of anilines is 3. The Kier molecular flexibility index (Phi) is 2.70. The van der Waals surface area contributed by atoms with Crippen molar-refractivity contribution in [3.63, 3.8) is 0 Å². The first kappa shape index (κ1) is 9.99. The van der Waals surface area contributed by atoms with Crippen molar-refractivity contribution in [2.75, 3.05) is 11.1 Å². The second-order valence-electron chi connectivity index (χ2n) is 3.29. The van der Waals surface area contributed by atoms with Gasteiger partial charge in [0.2, 0.25) is 0 Å². The van der Waals surface area contributed by atoms with Gasteiger partial charge in [-0.15, -0.1) is 0 Å². The Morgan fingerprint density at radius 3 is 2.75 bits per heavy atom. The highest BCUT2D eigenvalue weighted by Crippen LogP contribution is 2.16. The van der Waals surface area contributed by atoms with Gasteiger partial charge in [-0.25, -0.2) is 4.98 Å². The predicted molar refractivity (Wildman–Crippen MR) is 63.1 cm³/mol. The van der Waals surface area contributed by atoms with Crippen molar-refractivity contribution in [1.29, 1.82) is 5.26 Å². The average Bonchev–Trinajstić information content (AvgIpc) is 2.30. The summed E-state index contributed by atoms with van der Waals surface area (Å²) in [5.74, 6) is 0.685. The molecule has 3 N–H and O–H groups in total. The Bertz CT molecular complexity index is 525. The normalized spacial score (nSPS) is 9.44. The zero-order valence-corrected chi connectivity index (χ0v) is 8.51. The summed E-state index contributed by atoms with van der Waals surface area (Å²) < 4.78 is 0. The number of rotatable bonds is 2. The molecule has 0 unspecified atom stereocenters. The fourth-order valence-corrected chi connectivity index (χ4v) is 1.30. The molecule has 0 radical (unpaired) electrons. The number of nitrogen functional groups attached to an aromatic ring is 1. The number of pyridine rings is 1. The van der Waals surface area contributed by atoms with Crippen LogP contribution < -0.4 is 11.1 Å². The van der Waals surface area contributed by atoms with Gasteiger partial charge in [-0.2, -0.15) is 5.26 Å². The summed E-state index contributed by atoms with van der Waals surface area (Å²) in [6.45, 7) is 0. The minimum atomic E-state index is 0.540. The molecule has 0 bridgehead atoms. The molecule has 4 nitrogen and oxygen atoms in total. The number of nitrogens with zero attached hydrogens (tertiary/aromatic N) is 2. The standard InChI is InChI=1S/C12H10N4/c13-7-9-4-5-12(15-8-9)16-11-3-1-2-10(14)6-11/h1-6,8H,14H2,(H,15,16). The van der Waals surface area contributed by atoms with Crippen LogP contribution in [0.25, 0.3) is 0 Å². The number of benzene rings is 1. The largest absolute Gasteiger partial charge is 0.399 e. The first-order valence-corrected chi connectivity index (χ1v) is 4.76. The summed E-state index contributed by atoms with van der Waals surface area (Å²) >= 11 is 0. The van der Waals surface area contributed by atoms with Gasteiger partial charge in [-0.05, 0) is 30.3 Å². The summed E-state index contributed by atoms with van der Waals surface area (Å²) in [5.41, 5.74) is 7.76. The van der Waals surface area contributed by atoms with Crippen molar-refractivity contribution in [1.82, 2.24) is 4.98 Å². The van der Waals surface area contributed by atoms with Crippen LogP contribution in [-0.2, 0) is 0 Å². The van der Waals surface area contributed by atoms with Crippen molar-refractivity contribution in [3.8, 4) is 6.07 Å². The predicted octanol–water partition coefficient (Wildman–Crippen LogP) is 2.28. The van der Waals surface area contributed by atoms with E-state index in [0.29, 0.717) is 17.1 Å². The molecule has 0 aliphatic heterocycles. The van der Waals surface area contributed by atoms with Crippen LogP contribution in [0.4, 0.5) is 17.2 Å². The van der Waals surface area contributed by atoms with Crippen molar-refractivity contribution in [3.05, 3.63) is 48.2 Å². The highest BCUT2D eigenvalue weighted by molar-refractivity contribution is 5.61. The second kappa shape index (κ2) is 4.32. The van der Waals surface area contributed by atoms with Crippen molar-refractivity contribution in [2.24, 2.45) is 0 Å². The van der Waals surface area contributed by atoms with Crippen molar-refractivity contribution >= 4 is 17.2 Å². The third kappa shape index (κ3) is 2.28. The Balaban J connectivity index is 2.18. The van der Waals surface area contributed by atoms with Crippen LogP contribution in [0.3, 0.4) is 0 Å². The van der Waals surface area contributed by atoms with Gasteiger partial charge in [-0.3, -0.25) is 0 Å². The smallest absolute Gasteiger partial charge is 0.130 e. The van der Waals surface area contributed by atoms with E-state index in [1.54, 1.807) is 12.1 Å². The molecule has 4 heteroatoms. The lowest BCUT2D eigenvalue weighted by Gasteiger charge is -2.05. The van der Waals surface area contributed by atoms with E-state index < -0.39 is 0 Å². The van der Waals surface area contributed by atoms with E-state index in [0.717, 1.165) is 5.69 Å². The monoisotopic (exact) mass is 210 g/mol. The molecule has 1 aromatic heterocycles. The fourth-order valence-electron chi connectivity index (χ4n) is 1.30. The molecular formula is C12H10N4. The molecule has 16 heavy (non-hydrogen) atoms. The van der Waals surface area contributed by atoms with Crippen molar-refractivity contribution < 1.29 is 0 Å². The molecular weight excluding hydrogens is 200 g/mol. The van der Waals surface area contributed by atoms with Gasteiger partial charge in [0, 0.05) is 17.6 Å². The van der Waals surface area contributed by atoms with Gasteiger partial charge in [0.25, 0.3) is 0 Å². The molecule has 0 amide bonds. The Hall–Kier alpha value is -2.54. The highest BCUT2D eigenvalue weighted by atomic mass is 15.0. The van der Waals surface area contributed by atoms with E-state index in [2.05, 4.69) is 10.3 Å². The van der Waals surface area contributed by atoms with Gasteiger partial charge in [0.05, 0.1) is 5.56 Å². The average molecular weight is 210 g/mol. The van der Waals surface area contributed by atoms with Gasteiger partial charge in [-0.1, -0.05) is 6.07 Å². The first-order chi connectivity index (χ1) is 7.78. The Labute approximate surface area is 93.4 Å². The molecule has 0 saturated heterocycles. The van der Waals surface area contributed by atoms with Crippen LogP contribution >= 0.6 is 0 Å². The third-order valence-electron chi connectivity index (χ3n) is 2.05. The van der Waals surface area contributed by atoms with Gasteiger partial charge in [0.1, 0.15) is 11.9 Å². The number of nitrogens with one attached hydrogen (secondary N) is 1. The molecule has 0 spiro atoms. The zero-order valence-electron chi connectivity index (χ0n) is 8.51. The zero-order chi connectivity index (χ0) is 11.4. The Morgan fingerprint density at radius 1 is 1.25 bits per heavy atom. The van der Waals surface area contributed by atoms with E-state index in [9.17, 15) is 0 Å². The third-order valence-corrected chi connectivity index (χ3v) is 2.05. The van der Waals surface area contributed by atoms with Crippen LogP contribution in [0.1, 0.15) is 5.56 Å². The molecule has 2 aromatic rings. The van der Waals surface area contributed by atoms with Gasteiger partial charge >= 0.3 is 0 Å². The molecule has 1 heterocycles. The molecule has 0 aliphatic carbocycles. The van der Waals surface area contributed by atoms with E-state index in [-0.39, 0.29) is 0 Å². The topological polar surface area (TPSA) is 74.7 Å². The lowest BCUT2D eigenvalue weighted by atomic mass is 10.2. The quantitative estimate of drug-likeness (QED) is 0.745. The minimum Gasteiger partial charge on any atom is -0.399 e. The summed E-state index contributed by atoms with van der Waals surface area (Å²) in [6.07, 6.45) is 1.52. The van der Waals surface area contributed by atoms with Gasteiger partial charge < -0.3 is 11.1 Å². The number of nitrogens with two attached hydrogens (primary N) is 1. The molecule has 0 fully saturated rings. The van der Waals surface area contributed by atoms with Crippen LogP contribution in [0, 0.1) is 11.3 Å². The molecule has 2 rings (SSSR count). The van der Waals surface area contributed by atoms with Crippen LogP contribution in [0.5, 0.6) is 0 Å². The molecule has 1 aromatic carbocycles. The fraction of sp³-hybridized carbons (Fsp3) is 0. The number of nitriles is 1. The summed E-state index contributed by atoms with van der Waals surface area (Å²) in [6, 6.07) is 12.9. The second-order valence-corrected chi connectivity index (χ2v) is 3.29. The first-order valence-electron chi connectivity index (χ1n) is 4.76. The molecule has 0 aliphatic rings. The van der Waals surface area contributed by atoms with Crippen LogP contribution in [-0.4, -0.2) is 4.98 Å². The lowest BCUT2D eigenvalue weighted by molar-refractivity contribution is 1.29. The van der Waals surface area contributed by atoms with Crippen LogP contribution in [0.2, 0.25) is 0 Å². The maximum absolute atomic E-state index is 8.63. The number of hydrogen-bond donors (Lipinski definition) is 2. The highest BCUT2D eigenvalue weighted by Gasteiger charge is 1.96. The Morgan fingerprint density at radius 2 is 2.12 bits per heavy atom. The van der Waals surface area contributed by atoms with Crippen LogP contribution in [0.15, 0.2) is 42.6 Å². The van der Waals surface area contributed by atoms with E-state index in [1.165, 1.54) is 6.20 Å². The maximum Gasteiger partial charge on any atom is 0.130 e. The summed E-state index contributed by atoms with van der Waals surface area (Å²) in [7, 11) is 0. The molecule has 0 saturated carbocycles. The summed E-state index contributed by atoms with van der Waals surface area (Å²) in [5, 5.41) is 11.7. The molecule has 78 valence electrons. The van der Waals surface area contributed by atoms with Gasteiger partial charge in [0.15, 0.2) is 0 Å². The minimum absolute atomic E-state index is 0.540. The van der Waals surface area contributed by atoms with E-state index in [4.69, 9.17) is 11.0 Å². The summed E-state index contributed by atoms with van der Waals surface area (Å²) in [4.78, 5) is 4.10. The number of aromatic nitrogens is 1. The maximum atomic E-state index is 8.63. The SMILES string of the molecule is N#Cc1ccc(Nc2cccc(N)c2)nc1. The molecule has 0 atom stereocenters. The number of hydrogen-bond acceptors (Lipinski definition) is 4. The van der Waals surface area contributed by atoms with E-state index in [1.807, 2.05) is 30.3 Å². The van der Waals surface area contributed by atoms with Crippen molar-refractivity contribution in [2.45, 2.75) is 0 Å². The lowest BCUT2D eigenvalue weighted by Crippen LogP contribution is -1.94. The van der Waals surface area contributed by atoms with E-state index >= 15 is 0 Å².